The summed E-state index contributed by atoms with van der Waals surface area (Å²) in [6.07, 6.45) is 4.15. The first kappa shape index (κ1) is 14.4. The molecule has 2 rings (SSSR count). The summed E-state index contributed by atoms with van der Waals surface area (Å²) in [4.78, 5) is 4.41. The van der Waals surface area contributed by atoms with Gasteiger partial charge in [0, 0.05) is 40.9 Å². The van der Waals surface area contributed by atoms with Crippen LogP contribution in [0.4, 0.5) is 0 Å². The van der Waals surface area contributed by atoms with Crippen LogP contribution in [0.1, 0.15) is 25.5 Å². The van der Waals surface area contributed by atoms with Crippen molar-refractivity contribution in [3.63, 3.8) is 0 Å². The average molecular weight is 378 g/mol. The first-order valence-electron chi connectivity index (χ1n) is 6.28. The summed E-state index contributed by atoms with van der Waals surface area (Å²) in [5, 5.41) is 3.57. The number of hydrogen-bond donors (Lipinski definition) is 1. The number of ether oxygens (including phenoxy) is 1. The maximum atomic E-state index is 5.39. The van der Waals surface area contributed by atoms with Crippen molar-refractivity contribution in [2.75, 3.05) is 13.2 Å². The van der Waals surface area contributed by atoms with Gasteiger partial charge in [0.15, 0.2) is 0 Å². The zero-order valence-electron chi connectivity index (χ0n) is 10.5. The third-order valence-corrected chi connectivity index (χ3v) is 4.57. The highest BCUT2D eigenvalue weighted by molar-refractivity contribution is 9.11. The molecule has 1 aliphatic rings. The van der Waals surface area contributed by atoms with Gasteiger partial charge in [-0.25, -0.2) is 0 Å². The van der Waals surface area contributed by atoms with Crippen molar-refractivity contribution in [2.45, 2.75) is 32.4 Å². The van der Waals surface area contributed by atoms with E-state index < -0.39 is 0 Å². The predicted molar refractivity (Wildman–Crippen MR) is 79.5 cm³/mol. The van der Waals surface area contributed by atoms with Crippen molar-refractivity contribution >= 4 is 31.9 Å². The Bertz CT molecular complexity index is 395. The third kappa shape index (κ3) is 4.02. The molecule has 0 aromatic carbocycles. The largest absolute Gasteiger partial charge is 0.381 e. The first-order chi connectivity index (χ1) is 8.66. The Morgan fingerprint density at radius 2 is 2.17 bits per heavy atom. The van der Waals surface area contributed by atoms with E-state index in [9.17, 15) is 0 Å². The second kappa shape index (κ2) is 6.98. The summed E-state index contributed by atoms with van der Waals surface area (Å²) in [6, 6.07) is 2.54. The molecule has 0 aliphatic carbocycles. The molecule has 0 amide bonds. The van der Waals surface area contributed by atoms with Gasteiger partial charge in [0.1, 0.15) is 0 Å². The zero-order chi connectivity index (χ0) is 13.0. The van der Waals surface area contributed by atoms with Crippen molar-refractivity contribution in [3.8, 4) is 0 Å². The van der Waals surface area contributed by atoms with Gasteiger partial charge in [-0.3, -0.25) is 4.98 Å². The molecule has 0 spiro atoms. The van der Waals surface area contributed by atoms with Gasteiger partial charge in [0.2, 0.25) is 0 Å². The molecular formula is C13H18Br2N2O. The van der Waals surface area contributed by atoms with Crippen LogP contribution in [0.3, 0.4) is 0 Å². The van der Waals surface area contributed by atoms with Gasteiger partial charge in [-0.1, -0.05) is 0 Å². The lowest BCUT2D eigenvalue weighted by molar-refractivity contribution is 0.0557. The highest BCUT2D eigenvalue weighted by Gasteiger charge is 2.20. The SMILES string of the molecule is CC(NCc1ncc(Br)cc1Br)C1CCOCC1. The quantitative estimate of drug-likeness (QED) is 0.871. The fourth-order valence-electron chi connectivity index (χ4n) is 2.21. The van der Waals surface area contributed by atoms with Crippen LogP contribution in [0.5, 0.6) is 0 Å². The number of nitrogens with one attached hydrogen (secondary N) is 1. The van der Waals surface area contributed by atoms with Crippen molar-refractivity contribution in [3.05, 3.63) is 26.9 Å². The normalized spacial score (nSPS) is 18.8. The number of pyridine rings is 1. The lowest BCUT2D eigenvalue weighted by Crippen LogP contribution is -2.36. The van der Waals surface area contributed by atoms with E-state index >= 15 is 0 Å². The van der Waals surface area contributed by atoms with Crippen LogP contribution in [0.25, 0.3) is 0 Å². The summed E-state index contributed by atoms with van der Waals surface area (Å²) < 4.78 is 7.43. The number of nitrogens with zero attached hydrogens (tertiary/aromatic N) is 1. The van der Waals surface area contributed by atoms with E-state index in [2.05, 4.69) is 49.1 Å². The van der Waals surface area contributed by atoms with Crippen LogP contribution >= 0.6 is 31.9 Å². The molecule has 0 radical (unpaired) electrons. The molecule has 1 aliphatic heterocycles. The van der Waals surface area contributed by atoms with Crippen LogP contribution in [0, 0.1) is 5.92 Å². The molecule has 1 unspecified atom stereocenters. The van der Waals surface area contributed by atoms with Crippen molar-refractivity contribution in [2.24, 2.45) is 5.92 Å². The lowest BCUT2D eigenvalue weighted by atomic mass is 9.93. The Balaban J connectivity index is 1.86. The summed E-state index contributed by atoms with van der Waals surface area (Å²) in [5.74, 6) is 0.716. The standard InChI is InChI=1S/C13H18Br2N2O/c1-9(10-2-4-18-5-3-10)16-8-13-12(15)6-11(14)7-17-13/h6-7,9-10,16H,2-5,8H2,1H3. The summed E-state index contributed by atoms with van der Waals surface area (Å²) in [6.45, 7) is 4.85. The molecule has 1 aromatic heterocycles. The van der Waals surface area contributed by atoms with Crippen LogP contribution in [-0.2, 0) is 11.3 Å². The van der Waals surface area contributed by atoms with Crippen LogP contribution < -0.4 is 5.32 Å². The van der Waals surface area contributed by atoms with Crippen LogP contribution in [0.15, 0.2) is 21.2 Å². The van der Waals surface area contributed by atoms with E-state index in [0.717, 1.165) is 47.2 Å². The molecule has 0 saturated carbocycles. The van der Waals surface area contributed by atoms with Crippen molar-refractivity contribution in [1.82, 2.24) is 10.3 Å². The highest BCUT2D eigenvalue weighted by Crippen LogP contribution is 2.21. The predicted octanol–water partition coefficient (Wildman–Crippen LogP) is 3.51. The lowest BCUT2D eigenvalue weighted by Gasteiger charge is -2.28. The summed E-state index contributed by atoms with van der Waals surface area (Å²) in [7, 11) is 0. The minimum Gasteiger partial charge on any atom is -0.381 e. The maximum Gasteiger partial charge on any atom is 0.0684 e. The average Bonchev–Trinajstić information content (AvgIpc) is 2.38. The molecule has 1 N–H and O–H groups in total. The van der Waals surface area contributed by atoms with E-state index in [0.29, 0.717) is 12.0 Å². The third-order valence-electron chi connectivity index (χ3n) is 3.45. The van der Waals surface area contributed by atoms with E-state index in [-0.39, 0.29) is 0 Å². The molecule has 1 aromatic rings. The summed E-state index contributed by atoms with van der Waals surface area (Å²) >= 11 is 6.95. The van der Waals surface area contributed by atoms with Gasteiger partial charge >= 0.3 is 0 Å². The Labute approximate surface area is 125 Å². The van der Waals surface area contributed by atoms with Crippen molar-refractivity contribution in [1.29, 1.82) is 0 Å². The number of hydrogen-bond acceptors (Lipinski definition) is 3. The molecule has 2 heterocycles. The van der Waals surface area contributed by atoms with E-state index in [4.69, 9.17) is 4.74 Å². The Kier molecular flexibility index (Phi) is 5.60. The van der Waals surface area contributed by atoms with Gasteiger partial charge < -0.3 is 10.1 Å². The first-order valence-corrected chi connectivity index (χ1v) is 7.86. The molecule has 0 bridgehead atoms. The number of rotatable bonds is 4. The molecule has 100 valence electrons. The van der Waals surface area contributed by atoms with E-state index in [1.54, 1.807) is 0 Å². The smallest absolute Gasteiger partial charge is 0.0684 e. The van der Waals surface area contributed by atoms with Gasteiger partial charge in [-0.2, -0.15) is 0 Å². The zero-order valence-corrected chi connectivity index (χ0v) is 13.6. The Hall–Kier alpha value is 0.0300. The number of halogens is 2. The van der Waals surface area contributed by atoms with Gasteiger partial charge in [-0.05, 0) is 63.6 Å². The Morgan fingerprint density at radius 1 is 1.44 bits per heavy atom. The molecular weight excluding hydrogens is 360 g/mol. The van der Waals surface area contributed by atoms with Crippen LogP contribution in [-0.4, -0.2) is 24.2 Å². The van der Waals surface area contributed by atoms with Crippen LogP contribution in [0.2, 0.25) is 0 Å². The van der Waals surface area contributed by atoms with Crippen molar-refractivity contribution < 1.29 is 4.74 Å². The van der Waals surface area contributed by atoms with E-state index in [1.807, 2.05) is 12.3 Å². The molecule has 5 heteroatoms. The maximum absolute atomic E-state index is 5.39. The minimum atomic E-state index is 0.506. The number of aromatic nitrogens is 1. The molecule has 1 atom stereocenters. The van der Waals surface area contributed by atoms with Gasteiger partial charge in [0.25, 0.3) is 0 Å². The molecule has 1 fully saturated rings. The molecule has 1 saturated heterocycles. The monoisotopic (exact) mass is 376 g/mol. The Morgan fingerprint density at radius 3 is 2.83 bits per heavy atom. The van der Waals surface area contributed by atoms with E-state index in [1.165, 1.54) is 0 Å². The van der Waals surface area contributed by atoms with Gasteiger partial charge in [-0.15, -0.1) is 0 Å². The highest BCUT2D eigenvalue weighted by atomic mass is 79.9. The van der Waals surface area contributed by atoms with Gasteiger partial charge in [0.05, 0.1) is 5.69 Å². The fourth-order valence-corrected chi connectivity index (χ4v) is 3.34. The molecule has 3 nitrogen and oxygen atoms in total. The minimum absolute atomic E-state index is 0.506. The second-order valence-corrected chi connectivity index (χ2v) is 6.47. The molecule has 18 heavy (non-hydrogen) atoms. The summed E-state index contributed by atoms with van der Waals surface area (Å²) in [5.41, 5.74) is 1.05. The topological polar surface area (TPSA) is 34.2 Å². The second-order valence-electron chi connectivity index (χ2n) is 4.70. The fraction of sp³-hybridized carbons (Fsp3) is 0.615.